The third-order valence-electron chi connectivity index (χ3n) is 4.48. The van der Waals surface area contributed by atoms with Crippen LogP contribution in [0.25, 0.3) is 0 Å². The Bertz CT molecular complexity index is 449. The zero-order valence-electron chi connectivity index (χ0n) is 12.5. The number of urea groups is 1. The minimum atomic E-state index is -0.0699. The average Bonchev–Trinajstić information content (AvgIpc) is 3.02. The zero-order chi connectivity index (χ0) is 14.5. The molecule has 3 rings (SSSR count). The number of ether oxygens (including phenoxy) is 1. The fourth-order valence-corrected chi connectivity index (χ4v) is 3.21. The molecule has 0 radical (unpaired) electrons. The number of carbonyl (C=O) groups excluding carboxylic acids is 1. The molecular weight excluding hydrogens is 264 g/mol. The molecule has 2 aliphatic rings. The van der Waals surface area contributed by atoms with Gasteiger partial charge in [0.1, 0.15) is 6.23 Å². The van der Waals surface area contributed by atoms with Crippen LogP contribution in [0.1, 0.15) is 31.2 Å². The molecule has 0 bridgehead atoms. The summed E-state index contributed by atoms with van der Waals surface area (Å²) in [6.45, 7) is 2.48. The third kappa shape index (κ3) is 3.97. The van der Waals surface area contributed by atoms with Crippen molar-refractivity contribution in [1.82, 2.24) is 10.2 Å². The molecule has 21 heavy (non-hydrogen) atoms. The minimum absolute atomic E-state index is 0.0417. The van der Waals surface area contributed by atoms with Crippen molar-refractivity contribution in [3.8, 4) is 0 Å². The number of rotatable bonds is 3. The lowest BCUT2D eigenvalue weighted by atomic mass is 9.90. The monoisotopic (exact) mass is 288 g/mol. The summed E-state index contributed by atoms with van der Waals surface area (Å²) < 4.78 is 5.46. The van der Waals surface area contributed by atoms with E-state index in [9.17, 15) is 4.79 Å². The van der Waals surface area contributed by atoms with E-state index in [1.165, 1.54) is 5.56 Å². The number of amides is 2. The predicted octanol–water partition coefficient (Wildman–Crippen LogP) is 2.79. The van der Waals surface area contributed by atoms with Crippen molar-refractivity contribution in [3.05, 3.63) is 35.9 Å². The molecule has 2 amide bonds. The highest BCUT2D eigenvalue weighted by Crippen LogP contribution is 2.22. The van der Waals surface area contributed by atoms with Crippen LogP contribution in [0, 0.1) is 5.92 Å². The number of carbonyl (C=O) groups is 1. The van der Waals surface area contributed by atoms with Crippen LogP contribution in [0.5, 0.6) is 0 Å². The number of hydrogen-bond acceptors (Lipinski definition) is 2. The van der Waals surface area contributed by atoms with E-state index in [-0.39, 0.29) is 12.3 Å². The van der Waals surface area contributed by atoms with Crippen LogP contribution in [0.3, 0.4) is 0 Å². The third-order valence-corrected chi connectivity index (χ3v) is 4.48. The van der Waals surface area contributed by atoms with Crippen LogP contribution >= 0.6 is 0 Å². The van der Waals surface area contributed by atoms with Crippen LogP contribution in [-0.4, -0.2) is 36.9 Å². The molecule has 4 heteroatoms. The molecule has 114 valence electrons. The highest BCUT2D eigenvalue weighted by atomic mass is 16.5. The Kier molecular flexibility index (Phi) is 4.76. The molecule has 1 aromatic carbocycles. The average molecular weight is 288 g/mol. The molecule has 1 atom stereocenters. The first kappa shape index (κ1) is 14.4. The quantitative estimate of drug-likeness (QED) is 0.929. The molecule has 0 saturated carbocycles. The Hall–Kier alpha value is -1.55. The van der Waals surface area contributed by atoms with E-state index in [0.29, 0.717) is 5.92 Å². The lowest BCUT2D eigenvalue weighted by Gasteiger charge is -2.32. The summed E-state index contributed by atoms with van der Waals surface area (Å²) in [6, 6.07) is 10.7. The molecule has 4 nitrogen and oxygen atoms in total. The van der Waals surface area contributed by atoms with E-state index in [4.69, 9.17) is 4.74 Å². The first-order valence-corrected chi connectivity index (χ1v) is 8.02. The summed E-state index contributed by atoms with van der Waals surface area (Å²) in [7, 11) is 0. The van der Waals surface area contributed by atoms with Crippen molar-refractivity contribution in [2.24, 2.45) is 5.92 Å². The van der Waals surface area contributed by atoms with E-state index in [2.05, 4.69) is 35.6 Å². The van der Waals surface area contributed by atoms with Gasteiger partial charge in [0.15, 0.2) is 0 Å². The molecule has 0 spiro atoms. The van der Waals surface area contributed by atoms with E-state index in [1.807, 2.05) is 4.90 Å². The Morgan fingerprint density at radius 2 is 1.95 bits per heavy atom. The van der Waals surface area contributed by atoms with Gasteiger partial charge >= 0.3 is 6.03 Å². The normalized spacial score (nSPS) is 23.2. The van der Waals surface area contributed by atoms with Crippen LogP contribution in [0.2, 0.25) is 0 Å². The highest BCUT2D eigenvalue weighted by molar-refractivity contribution is 5.74. The Labute approximate surface area is 126 Å². The molecule has 1 unspecified atom stereocenters. The van der Waals surface area contributed by atoms with Gasteiger partial charge in [0.05, 0.1) is 0 Å². The summed E-state index contributed by atoms with van der Waals surface area (Å²) in [5.74, 6) is 0.694. The van der Waals surface area contributed by atoms with Gasteiger partial charge in [0.2, 0.25) is 0 Å². The van der Waals surface area contributed by atoms with Crippen molar-refractivity contribution in [2.75, 3.05) is 19.7 Å². The molecule has 0 aliphatic carbocycles. The van der Waals surface area contributed by atoms with Crippen molar-refractivity contribution in [2.45, 2.75) is 38.3 Å². The number of benzene rings is 1. The van der Waals surface area contributed by atoms with Crippen LogP contribution < -0.4 is 5.32 Å². The summed E-state index contributed by atoms with van der Waals surface area (Å²) in [6.07, 6.45) is 5.23. The molecule has 2 fully saturated rings. The fraction of sp³-hybridized carbons (Fsp3) is 0.588. The fourth-order valence-electron chi connectivity index (χ4n) is 3.21. The Balaban J connectivity index is 1.43. The summed E-state index contributed by atoms with van der Waals surface area (Å²) >= 11 is 0. The van der Waals surface area contributed by atoms with Crippen molar-refractivity contribution < 1.29 is 9.53 Å². The van der Waals surface area contributed by atoms with Crippen LogP contribution in [0.4, 0.5) is 4.79 Å². The summed E-state index contributed by atoms with van der Waals surface area (Å²) in [5.41, 5.74) is 1.40. The minimum Gasteiger partial charge on any atom is -0.358 e. The first-order chi connectivity index (χ1) is 10.3. The summed E-state index contributed by atoms with van der Waals surface area (Å²) in [5, 5.41) is 2.98. The number of nitrogens with one attached hydrogen (secondary N) is 1. The van der Waals surface area contributed by atoms with Gasteiger partial charge < -0.3 is 15.0 Å². The second-order valence-electron chi connectivity index (χ2n) is 6.07. The number of hydrogen-bond donors (Lipinski definition) is 1. The number of likely N-dealkylation sites (tertiary alicyclic amines) is 1. The highest BCUT2D eigenvalue weighted by Gasteiger charge is 2.25. The topological polar surface area (TPSA) is 41.6 Å². The van der Waals surface area contributed by atoms with Gasteiger partial charge in [-0.15, -0.1) is 0 Å². The van der Waals surface area contributed by atoms with Gasteiger partial charge in [-0.2, -0.15) is 0 Å². The van der Waals surface area contributed by atoms with Gasteiger partial charge in [-0.05, 0) is 43.6 Å². The van der Waals surface area contributed by atoms with E-state index >= 15 is 0 Å². The van der Waals surface area contributed by atoms with Gasteiger partial charge in [0, 0.05) is 19.7 Å². The van der Waals surface area contributed by atoms with E-state index < -0.39 is 0 Å². The molecular formula is C17H24N2O2. The molecule has 0 aromatic heterocycles. The molecule has 2 saturated heterocycles. The Morgan fingerprint density at radius 1 is 1.19 bits per heavy atom. The Morgan fingerprint density at radius 3 is 2.62 bits per heavy atom. The molecule has 2 aliphatic heterocycles. The zero-order valence-corrected chi connectivity index (χ0v) is 12.5. The van der Waals surface area contributed by atoms with Gasteiger partial charge in [0.25, 0.3) is 0 Å². The first-order valence-electron chi connectivity index (χ1n) is 8.02. The van der Waals surface area contributed by atoms with Gasteiger partial charge in [-0.1, -0.05) is 30.3 Å². The van der Waals surface area contributed by atoms with Crippen molar-refractivity contribution in [3.63, 3.8) is 0 Å². The maximum absolute atomic E-state index is 12.2. The second-order valence-corrected chi connectivity index (χ2v) is 6.07. The molecule has 1 N–H and O–H groups in total. The maximum atomic E-state index is 12.2. The molecule has 1 aromatic rings. The summed E-state index contributed by atoms with van der Waals surface area (Å²) in [4.78, 5) is 14.1. The lowest BCUT2D eigenvalue weighted by Crippen LogP contribution is -2.47. The van der Waals surface area contributed by atoms with Gasteiger partial charge in [-0.25, -0.2) is 4.79 Å². The van der Waals surface area contributed by atoms with E-state index in [1.54, 1.807) is 0 Å². The smallest absolute Gasteiger partial charge is 0.319 e. The largest absolute Gasteiger partial charge is 0.358 e. The van der Waals surface area contributed by atoms with Crippen LogP contribution in [-0.2, 0) is 11.2 Å². The van der Waals surface area contributed by atoms with E-state index in [0.717, 1.165) is 51.8 Å². The maximum Gasteiger partial charge on any atom is 0.319 e. The number of nitrogens with zero attached hydrogens (tertiary/aromatic N) is 1. The lowest BCUT2D eigenvalue weighted by molar-refractivity contribution is 0.0803. The standard InChI is InChI=1S/C17H24N2O2/c20-17(18-16-7-4-12-21-16)19-10-8-15(9-11-19)13-14-5-2-1-3-6-14/h1-3,5-6,15-16H,4,7-13H2,(H,18,20). The van der Waals surface area contributed by atoms with Crippen molar-refractivity contribution >= 4 is 6.03 Å². The van der Waals surface area contributed by atoms with Crippen LogP contribution in [0.15, 0.2) is 30.3 Å². The SMILES string of the molecule is O=C(NC1CCCO1)N1CCC(Cc2ccccc2)CC1. The molecule has 2 heterocycles. The van der Waals surface area contributed by atoms with Crippen molar-refractivity contribution in [1.29, 1.82) is 0 Å². The second kappa shape index (κ2) is 6.94. The predicted molar refractivity (Wildman–Crippen MR) is 81.9 cm³/mol. The van der Waals surface area contributed by atoms with Gasteiger partial charge in [-0.3, -0.25) is 0 Å². The number of piperidine rings is 1.